The number of nitrogens with zero attached hydrogens (tertiary/aromatic N) is 2. The molecule has 3 aromatic carbocycles. The molecule has 4 fully saturated rings. The van der Waals surface area contributed by atoms with Gasteiger partial charge in [0, 0.05) is 24.2 Å². The van der Waals surface area contributed by atoms with Crippen LogP contribution in [-0.4, -0.2) is 58.3 Å². The summed E-state index contributed by atoms with van der Waals surface area (Å²) in [7, 11) is 1.66. The number of carboxylic acid groups (broad SMARTS) is 1. The molecule has 4 heterocycles. The number of aromatic nitrogens is 1. The summed E-state index contributed by atoms with van der Waals surface area (Å²) in [5.74, 6) is 0.674. The topological polar surface area (TPSA) is 109 Å². The Kier molecular flexibility index (Phi) is 9.47. The lowest BCUT2D eigenvalue weighted by Crippen LogP contribution is -2.54. The molecule has 4 aromatic rings. The fraction of sp³-hybridized carbons (Fsp3) is 0.342. The van der Waals surface area contributed by atoms with Crippen molar-refractivity contribution in [2.75, 3.05) is 20.2 Å². The second-order valence-corrected chi connectivity index (χ2v) is 12.4. The van der Waals surface area contributed by atoms with E-state index >= 15 is 0 Å². The third-order valence-electron chi connectivity index (χ3n) is 9.71. The Hall–Kier alpha value is -4.53. The van der Waals surface area contributed by atoms with E-state index in [-0.39, 0.29) is 30.5 Å². The van der Waals surface area contributed by atoms with E-state index < -0.39 is 12.1 Å². The number of ether oxygens (including phenoxy) is 2. The number of pyridine rings is 1. The summed E-state index contributed by atoms with van der Waals surface area (Å²) in [6, 6.07) is 24.5. The van der Waals surface area contributed by atoms with E-state index in [2.05, 4.69) is 22.5 Å². The van der Waals surface area contributed by atoms with E-state index in [0.717, 1.165) is 52.9 Å². The van der Waals surface area contributed by atoms with Gasteiger partial charge in [-0.25, -0.2) is 4.79 Å². The lowest BCUT2D eigenvalue weighted by atomic mass is 9.73. The Morgan fingerprint density at radius 2 is 1.85 bits per heavy atom. The van der Waals surface area contributed by atoms with Crippen molar-refractivity contribution in [3.63, 3.8) is 0 Å². The summed E-state index contributed by atoms with van der Waals surface area (Å²) in [6.45, 7) is 6.31. The number of fused-ring (bicyclic) bond motifs is 4. The van der Waals surface area contributed by atoms with Crippen LogP contribution in [0.15, 0.2) is 97.7 Å². The number of hydrogen-bond donors (Lipinski definition) is 2. The Morgan fingerprint density at radius 3 is 2.50 bits per heavy atom. The first-order valence-electron chi connectivity index (χ1n) is 15.9. The predicted molar refractivity (Wildman–Crippen MR) is 176 cm³/mol. The number of methoxy groups -OCH3 is 1. The van der Waals surface area contributed by atoms with Gasteiger partial charge in [0.05, 0.1) is 30.2 Å². The molecule has 0 spiro atoms. The van der Waals surface area contributed by atoms with Crippen molar-refractivity contribution in [3.05, 3.63) is 120 Å². The number of hydrogen-bond acceptors (Lipinski definition) is 7. The van der Waals surface area contributed by atoms with Crippen LogP contribution in [0.1, 0.15) is 58.3 Å². The zero-order chi connectivity index (χ0) is 32.2. The van der Waals surface area contributed by atoms with E-state index in [1.165, 1.54) is 6.42 Å². The van der Waals surface area contributed by atoms with Crippen molar-refractivity contribution in [2.45, 2.75) is 43.9 Å². The predicted octanol–water partition coefficient (Wildman–Crippen LogP) is 6.40. The largest absolute Gasteiger partial charge is 0.497 e. The van der Waals surface area contributed by atoms with Crippen LogP contribution in [0.2, 0.25) is 0 Å². The molecule has 7 atom stereocenters. The van der Waals surface area contributed by atoms with Gasteiger partial charge in [0.15, 0.2) is 0 Å². The molecule has 0 unspecified atom stereocenters. The first-order valence-corrected chi connectivity index (χ1v) is 15.9. The molecule has 3 aliphatic heterocycles. The quantitative estimate of drug-likeness (QED) is 0.163. The van der Waals surface area contributed by atoms with Gasteiger partial charge in [-0.2, -0.15) is 0 Å². The summed E-state index contributed by atoms with van der Waals surface area (Å²) in [4.78, 5) is 29.7. The maximum Gasteiger partial charge on any atom is 0.338 e. The third kappa shape index (κ3) is 6.83. The van der Waals surface area contributed by atoms with Crippen LogP contribution in [0.5, 0.6) is 5.75 Å². The molecule has 0 amide bonds. The Morgan fingerprint density at radius 1 is 1.07 bits per heavy atom. The second-order valence-electron chi connectivity index (χ2n) is 12.4. The van der Waals surface area contributed by atoms with Crippen molar-refractivity contribution in [1.29, 1.82) is 0 Å². The van der Waals surface area contributed by atoms with Crippen LogP contribution < -0.4 is 4.74 Å². The van der Waals surface area contributed by atoms with Crippen molar-refractivity contribution in [2.24, 2.45) is 17.8 Å². The minimum atomic E-state index is -0.753. The first-order chi connectivity index (χ1) is 22.4. The highest BCUT2D eigenvalue weighted by molar-refractivity contribution is 5.89. The number of carbonyl (C=O) groups excluding carboxylic acids is 1. The van der Waals surface area contributed by atoms with Crippen LogP contribution in [0.3, 0.4) is 0 Å². The van der Waals surface area contributed by atoms with Crippen LogP contribution in [0, 0.1) is 17.8 Å². The average molecular weight is 621 g/mol. The van der Waals surface area contributed by atoms with Gasteiger partial charge in [-0.05, 0) is 96.6 Å². The Bertz CT molecular complexity index is 1690. The summed E-state index contributed by atoms with van der Waals surface area (Å²) in [5.41, 5.74) is 4.23. The van der Waals surface area contributed by atoms with Gasteiger partial charge in [0.25, 0.3) is 0 Å². The van der Waals surface area contributed by atoms with Crippen molar-refractivity contribution < 1.29 is 29.3 Å². The molecule has 8 nitrogen and oxygen atoms in total. The smallest absolute Gasteiger partial charge is 0.338 e. The summed E-state index contributed by atoms with van der Waals surface area (Å²) >= 11 is 0. The fourth-order valence-electron chi connectivity index (χ4n) is 6.95. The zero-order valence-corrected chi connectivity index (χ0v) is 26.0. The molecule has 0 radical (unpaired) electrons. The van der Waals surface area contributed by atoms with Crippen LogP contribution >= 0.6 is 0 Å². The molecule has 1 aromatic heterocycles. The molecule has 3 saturated heterocycles. The van der Waals surface area contributed by atoms with Gasteiger partial charge in [0.1, 0.15) is 12.4 Å². The van der Waals surface area contributed by atoms with Crippen molar-refractivity contribution in [3.8, 4) is 5.75 Å². The molecule has 2 N–H and O–H groups in total. The number of esters is 1. The van der Waals surface area contributed by atoms with Crippen molar-refractivity contribution >= 4 is 22.8 Å². The summed E-state index contributed by atoms with van der Waals surface area (Å²) in [5, 5.41) is 21.1. The molecular weight excluding hydrogens is 580 g/mol. The summed E-state index contributed by atoms with van der Waals surface area (Å²) in [6.07, 6.45) is 6.29. The normalized spacial score (nSPS) is 25.1. The SMILES string of the molecule is C=C[C@H]1C[N@]2CC[C@H]1C[C@H]2[C@H](O)c1ccnc2ccc(OC)cc12.O=C(OCc1ccccc1)c1ccc([C@@H]2C[C@H]2C(=O)O)cc1. The van der Waals surface area contributed by atoms with Crippen LogP contribution in [0.25, 0.3) is 10.9 Å². The molecule has 46 heavy (non-hydrogen) atoms. The molecule has 1 aliphatic carbocycles. The maximum atomic E-state index is 12.0. The standard InChI is InChI=1S/C20H24N2O2.C18H16O4/c1-3-13-12-22-9-7-14(13)10-19(22)20(23)16-6-8-21-18-5-4-15(24-2)11-17(16)18;19-17(20)16-10-15(16)13-6-8-14(9-7-13)18(21)22-11-12-4-2-1-3-5-12/h3-6,8,11,13-14,19-20,23H,1,7,9-10,12H2,2H3;1-9,15-16H,10-11H2,(H,19,20)/t13-,14-,19-,20+;15-,16+/m00/s1. The third-order valence-corrected chi connectivity index (χ3v) is 9.71. The number of benzene rings is 3. The number of aliphatic hydroxyl groups is 1. The molecule has 4 aliphatic rings. The summed E-state index contributed by atoms with van der Waals surface area (Å²) < 4.78 is 10.6. The number of piperidine rings is 3. The van der Waals surface area contributed by atoms with E-state index in [1.54, 1.807) is 25.4 Å². The minimum Gasteiger partial charge on any atom is -0.497 e. The molecule has 238 valence electrons. The van der Waals surface area contributed by atoms with Crippen LogP contribution in [-0.2, 0) is 16.1 Å². The Labute approximate surface area is 269 Å². The Balaban J connectivity index is 0.000000162. The molecule has 8 heteroatoms. The monoisotopic (exact) mass is 620 g/mol. The van der Waals surface area contributed by atoms with Gasteiger partial charge in [-0.1, -0.05) is 48.5 Å². The first kappa shape index (κ1) is 31.5. The molecule has 1 saturated carbocycles. The van der Waals surface area contributed by atoms with Gasteiger partial charge < -0.3 is 19.7 Å². The fourth-order valence-corrected chi connectivity index (χ4v) is 6.95. The lowest BCUT2D eigenvalue weighted by Gasteiger charge is -2.50. The van der Waals surface area contributed by atoms with E-state index in [4.69, 9.17) is 14.6 Å². The molecular formula is C38H40N2O6. The highest BCUT2D eigenvalue weighted by atomic mass is 16.5. The van der Waals surface area contributed by atoms with Gasteiger partial charge in [-0.3, -0.25) is 14.7 Å². The van der Waals surface area contributed by atoms with Gasteiger partial charge >= 0.3 is 11.9 Å². The highest BCUT2D eigenvalue weighted by Crippen LogP contribution is 2.47. The molecule has 2 bridgehead atoms. The zero-order valence-electron chi connectivity index (χ0n) is 26.0. The van der Waals surface area contributed by atoms with Gasteiger partial charge in [0.2, 0.25) is 0 Å². The van der Waals surface area contributed by atoms with Gasteiger partial charge in [-0.15, -0.1) is 6.58 Å². The van der Waals surface area contributed by atoms with Crippen LogP contribution in [0.4, 0.5) is 0 Å². The average Bonchev–Trinajstić information content (AvgIpc) is 3.92. The maximum absolute atomic E-state index is 12.0. The second kappa shape index (κ2) is 13.8. The lowest BCUT2D eigenvalue weighted by molar-refractivity contribution is -0.138. The number of aliphatic carboxylic acids is 1. The number of carboxylic acids is 1. The van der Waals surface area contributed by atoms with E-state index in [0.29, 0.717) is 23.8 Å². The van der Waals surface area contributed by atoms with E-state index in [9.17, 15) is 14.7 Å². The number of aliphatic hydroxyl groups excluding tert-OH is 1. The number of rotatable bonds is 9. The molecule has 8 rings (SSSR count). The van der Waals surface area contributed by atoms with Crippen molar-refractivity contribution in [1.82, 2.24) is 9.88 Å². The highest BCUT2D eigenvalue weighted by Gasteiger charge is 2.44. The minimum absolute atomic E-state index is 0.0758. The number of carbonyl (C=O) groups is 2. The van der Waals surface area contributed by atoms with E-state index in [1.807, 2.05) is 66.7 Å².